The summed E-state index contributed by atoms with van der Waals surface area (Å²) in [5, 5.41) is 0. The summed E-state index contributed by atoms with van der Waals surface area (Å²) < 4.78 is 34.8. The van der Waals surface area contributed by atoms with Gasteiger partial charge in [-0.2, -0.15) is 0 Å². The molecule has 0 aromatic carbocycles. The molecule has 2 unspecified atom stereocenters. The van der Waals surface area contributed by atoms with Crippen molar-refractivity contribution in [2.75, 3.05) is 54.1 Å². The molecule has 0 rings (SSSR count). The molecule has 0 saturated heterocycles. The number of allylic oxidation sites excluding steroid dienone is 18. The molecule has 0 amide bonds. The predicted octanol–water partition coefficient (Wildman–Crippen LogP) is 17.7. The van der Waals surface area contributed by atoms with Crippen molar-refractivity contribution in [1.82, 2.24) is 0 Å². The second-order valence-corrected chi connectivity index (χ2v) is 21.3. The van der Waals surface area contributed by atoms with E-state index in [1.807, 2.05) is 21.1 Å². The molecule has 0 aromatic heterocycles. The number of rotatable bonds is 52. The molecule has 0 spiro atoms. The number of quaternary nitrogens is 1. The third kappa shape index (κ3) is 57.9. The maximum absolute atomic E-state index is 12.8. The Kier molecular flexibility index (Phi) is 51.3. The molecular weight excluding hydrogens is 902 g/mol. The molecular formula is C62H108NO7P. The van der Waals surface area contributed by atoms with Crippen molar-refractivity contribution in [2.24, 2.45) is 0 Å². The lowest BCUT2D eigenvalue weighted by molar-refractivity contribution is -0.870. The normalized spacial score (nSPS) is 14.3. The summed E-state index contributed by atoms with van der Waals surface area (Å²) in [6.45, 7) is 5.17. The van der Waals surface area contributed by atoms with E-state index >= 15 is 0 Å². The third-order valence-electron chi connectivity index (χ3n) is 11.8. The topological polar surface area (TPSA) is 94.1 Å². The fourth-order valence-electron chi connectivity index (χ4n) is 7.44. The first-order valence-corrected chi connectivity index (χ1v) is 30.1. The number of phosphoric acid groups is 1. The van der Waals surface area contributed by atoms with Crippen LogP contribution in [0.5, 0.6) is 0 Å². The highest BCUT2D eigenvalue weighted by Crippen LogP contribution is 2.38. The molecule has 9 heteroatoms. The van der Waals surface area contributed by atoms with Gasteiger partial charge in [-0.15, -0.1) is 0 Å². The average Bonchev–Trinajstić information content (AvgIpc) is 3.33. The van der Waals surface area contributed by atoms with Crippen molar-refractivity contribution in [3.63, 3.8) is 0 Å². The van der Waals surface area contributed by atoms with E-state index in [2.05, 4.69) is 123 Å². The van der Waals surface area contributed by atoms with Crippen LogP contribution in [0.3, 0.4) is 0 Å². The number of nitrogens with zero attached hydrogens (tertiary/aromatic N) is 1. The summed E-state index contributed by atoms with van der Waals surface area (Å²) in [5.74, 6) is -0.353. The number of unbranched alkanes of at least 4 members (excludes halogenated alkanes) is 20. The second-order valence-electron chi connectivity index (χ2n) is 19.9. The highest BCUT2D eigenvalue weighted by atomic mass is 31.2. The van der Waals surface area contributed by atoms with Gasteiger partial charge in [-0.05, 0) is 103 Å². The molecule has 0 aliphatic rings. The number of likely N-dealkylation sites (N-methyl/N-ethyl adjacent to an activating group) is 1. The molecule has 408 valence electrons. The standard InChI is InChI=1S/C62H108NO7P/c1-6-8-10-12-14-16-18-20-22-24-26-28-30-32-33-35-37-39-41-43-45-47-49-51-53-55-62(64)70-61(60-69-71(65,66)68-58-56-63(3,4)5)59-67-57-54-52-50-48-46-44-42-40-38-36-34-31-29-27-25-23-21-19-17-15-13-11-9-7-2/h9,11,15,17-18,20-21,23-24,26-27,29,34,36,40,42,46,48,61H,6-8,10,12-14,16,19,22,25,28,30-33,35,37-39,41,43-45,47,49-60H2,1-5H3/b11-9-,17-15-,20-18-,23-21-,26-24-,29-27-,36-34-,42-40-,48-46-. The number of esters is 1. The Morgan fingerprint density at radius 3 is 1.23 bits per heavy atom. The fourth-order valence-corrected chi connectivity index (χ4v) is 8.17. The Morgan fingerprint density at radius 1 is 0.451 bits per heavy atom. The molecule has 0 aliphatic carbocycles. The smallest absolute Gasteiger partial charge is 0.306 e. The van der Waals surface area contributed by atoms with Crippen LogP contribution < -0.4 is 4.89 Å². The minimum Gasteiger partial charge on any atom is -0.756 e. The molecule has 0 aromatic rings. The number of phosphoric ester groups is 1. The lowest BCUT2D eigenvalue weighted by Gasteiger charge is -2.28. The van der Waals surface area contributed by atoms with Gasteiger partial charge in [-0.25, -0.2) is 0 Å². The number of hydrogen-bond acceptors (Lipinski definition) is 7. The van der Waals surface area contributed by atoms with Gasteiger partial charge in [0.1, 0.15) is 19.3 Å². The summed E-state index contributed by atoms with van der Waals surface area (Å²) in [6.07, 6.45) is 75.6. The first kappa shape index (κ1) is 68.2. The van der Waals surface area contributed by atoms with Crippen molar-refractivity contribution < 1.29 is 37.3 Å². The van der Waals surface area contributed by atoms with Crippen molar-refractivity contribution in [1.29, 1.82) is 0 Å². The quantitative estimate of drug-likeness (QED) is 0.0197. The Bertz CT molecular complexity index is 1500. The van der Waals surface area contributed by atoms with E-state index in [0.717, 1.165) is 89.9 Å². The minimum absolute atomic E-state index is 0.0115. The van der Waals surface area contributed by atoms with E-state index in [9.17, 15) is 14.3 Å². The van der Waals surface area contributed by atoms with Gasteiger partial charge in [0.05, 0.1) is 34.4 Å². The molecule has 0 radical (unpaired) electrons. The van der Waals surface area contributed by atoms with Gasteiger partial charge >= 0.3 is 5.97 Å². The molecule has 0 fully saturated rings. The number of carbonyl (C=O) groups excluding carboxylic acids is 1. The maximum atomic E-state index is 12.8. The van der Waals surface area contributed by atoms with Gasteiger partial charge in [0, 0.05) is 13.0 Å². The summed E-state index contributed by atoms with van der Waals surface area (Å²) in [4.78, 5) is 25.3. The van der Waals surface area contributed by atoms with Gasteiger partial charge in [-0.1, -0.05) is 220 Å². The van der Waals surface area contributed by atoms with Crippen LogP contribution in [0, 0.1) is 0 Å². The van der Waals surface area contributed by atoms with Crippen LogP contribution >= 0.6 is 7.82 Å². The third-order valence-corrected chi connectivity index (χ3v) is 12.8. The highest BCUT2D eigenvalue weighted by Gasteiger charge is 2.20. The van der Waals surface area contributed by atoms with Crippen molar-refractivity contribution >= 4 is 13.8 Å². The Balaban J connectivity index is 4.19. The second kappa shape index (κ2) is 53.5. The lowest BCUT2D eigenvalue weighted by atomic mass is 10.0. The zero-order valence-electron chi connectivity index (χ0n) is 46.4. The van der Waals surface area contributed by atoms with Crippen LogP contribution in [-0.4, -0.2) is 70.7 Å². The Morgan fingerprint density at radius 2 is 0.817 bits per heavy atom. The van der Waals surface area contributed by atoms with Crippen LogP contribution in [0.4, 0.5) is 0 Å². The van der Waals surface area contributed by atoms with E-state index in [0.29, 0.717) is 24.1 Å². The molecule has 0 aliphatic heterocycles. The highest BCUT2D eigenvalue weighted by molar-refractivity contribution is 7.45. The van der Waals surface area contributed by atoms with Crippen LogP contribution in [0.15, 0.2) is 109 Å². The van der Waals surface area contributed by atoms with E-state index < -0.39 is 13.9 Å². The summed E-state index contributed by atoms with van der Waals surface area (Å²) in [6, 6.07) is 0. The first-order chi connectivity index (χ1) is 34.6. The molecule has 2 atom stereocenters. The van der Waals surface area contributed by atoms with Crippen LogP contribution in [0.25, 0.3) is 0 Å². The Labute approximate surface area is 438 Å². The summed E-state index contributed by atoms with van der Waals surface area (Å²) in [7, 11) is 1.31. The summed E-state index contributed by atoms with van der Waals surface area (Å²) >= 11 is 0. The van der Waals surface area contributed by atoms with Crippen LogP contribution in [0.1, 0.15) is 219 Å². The predicted molar refractivity (Wildman–Crippen MR) is 304 cm³/mol. The summed E-state index contributed by atoms with van der Waals surface area (Å²) in [5.41, 5.74) is 0. The van der Waals surface area contributed by atoms with E-state index in [1.54, 1.807) is 0 Å². The average molecular weight is 1010 g/mol. The van der Waals surface area contributed by atoms with Crippen molar-refractivity contribution in [3.8, 4) is 0 Å². The monoisotopic (exact) mass is 1010 g/mol. The largest absolute Gasteiger partial charge is 0.756 e. The minimum atomic E-state index is -4.56. The van der Waals surface area contributed by atoms with Gasteiger partial charge in [-0.3, -0.25) is 9.36 Å². The van der Waals surface area contributed by atoms with Crippen LogP contribution in [-0.2, 0) is 27.9 Å². The van der Waals surface area contributed by atoms with Gasteiger partial charge < -0.3 is 27.9 Å². The van der Waals surface area contributed by atoms with Gasteiger partial charge in [0.15, 0.2) is 0 Å². The zero-order chi connectivity index (χ0) is 51.9. The van der Waals surface area contributed by atoms with Crippen LogP contribution in [0.2, 0.25) is 0 Å². The fraction of sp³-hybridized carbons (Fsp3) is 0.694. The molecule has 0 heterocycles. The molecule has 71 heavy (non-hydrogen) atoms. The number of hydrogen-bond donors (Lipinski definition) is 0. The van der Waals surface area contributed by atoms with Crippen molar-refractivity contribution in [3.05, 3.63) is 109 Å². The maximum Gasteiger partial charge on any atom is 0.306 e. The lowest BCUT2D eigenvalue weighted by Crippen LogP contribution is -2.37. The SMILES string of the molecule is CC/C=C\C/C=C\C/C=C\C/C=C\C/C=C\C/C=C\C/C=C\CCCCOCC(COP(=O)([O-])OCC[N+](C)(C)C)OC(=O)CCCCCCCCCCCCCCC/C=C\C/C=C\CCCCCCC. The van der Waals surface area contributed by atoms with E-state index in [-0.39, 0.29) is 25.8 Å². The Hall–Kier alpha value is -2.84. The molecule has 8 nitrogen and oxygen atoms in total. The first-order valence-electron chi connectivity index (χ1n) is 28.6. The molecule has 0 N–H and O–H groups in total. The number of ether oxygens (including phenoxy) is 2. The van der Waals surface area contributed by atoms with E-state index in [4.69, 9.17) is 18.5 Å². The molecule has 0 saturated carbocycles. The number of carbonyl (C=O) groups is 1. The van der Waals surface area contributed by atoms with Crippen molar-refractivity contribution in [2.45, 2.75) is 225 Å². The van der Waals surface area contributed by atoms with E-state index in [1.165, 1.54) is 109 Å². The zero-order valence-corrected chi connectivity index (χ0v) is 47.3. The van der Waals surface area contributed by atoms with Gasteiger partial charge in [0.2, 0.25) is 0 Å². The molecule has 0 bridgehead atoms. The van der Waals surface area contributed by atoms with Gasteiger partial charge in [0.25, 0.3) is 7.82 Å².